The largest absolute Gasteiger partial charge is 0.497 e. The molecule has 7 nitrogen and oxygen atoms in total. The molecule has 1 aromatic carbocycles. The fourth-order valence-electron chi connectivity index (χ4n) is 2.78. The second-order valence-corrected chi connectivity index (χ2v) is 5.79. The van der Waals surface area contributed by atoms with Crippen LogP contribution in [0.2, 0.25) is 0 Å². The van der Waals surface area contributed by atoms with E-state index in [1.54, 1.807) is 12.0 Å². The normalized spacial score (nSPS) is 14.1. The zero-order chi connectivity index (χ0) is 17.8. The molecule has 0 atom stereocenters. The molecule has 2 heterocycles. The molecule has 1 aliphatic rings. The number of benzene rings is 1. The van der Waals surface area contributed by atoms with Gasteiger partial charge in [-0.05, 0) is 29.7 Å². The van der Waals surface area contributed by atoms with Gasteiger partial charge in [0.1, 0.15) is 12.3 Å². The zero-order valence-corrected chi connectivity index (χ0v) is 13.9. The van der Waals surface area contributed by atoms with Gasteiger partial charge in [0.15, 0.2) is 0 Å². The number of hydrogen-bond acceptors (Lipinski definition) is 4. The Hall–Kier alpha value is -3.09. The van der Waals surface area contributed by atoms with Crippen LogP contribution in [0.25, 0.3) is 5.57 Å². The van der Waals surface area contributed by atoms with Crippen LogP contribution in [0, 0.1) is 0 Å². The van der Waals surface area contributed by atoms with Crippen LogP contribution in [-0.2, 0) is 11.3 Å². The van der Waals surface area contributed by atoms with E-state index in [9.17, 15) is 14.4 Å². The quantitative estimate of drug-likeness (QED) is 0.894. The van der Waals surface area contributed by atoms with Crippen molar-refractivity contribution >= 4 is 11.5 Å². The molecule has 1 amide bonds. The molecule has 2 aromatic rings. The average molecular weight is 341 g/mol. The van der Waals surface area contributed by atoms with Gasteiger partial charge in [-0.1, -0.05) is 18.2 Å². The highest BCUT2D eigenvalue weighted by molar-refractivity contribution is 5.78. The maximum atomic E-state index is 12.4. The molecule has 0 aliphatic carbocycles. The molecule has 0 radical (unpaired) electrons. The van der Waals surface area contributed by atoms with Crippen LogP contribution in [0.5, 0.6) is 5.75 Å². The first-order chi connectivity index (χ1) is 12.1. The number of aromatic nitrogens is 2. The van der Waals surface area contributed by atoms with Gasteiger partial charge in [0, 0.05) is 25.4 Å². The minimum atomic E-state index is -0.577. The Bertz CT molecular complexity index is 909. The number of rotatable bonds is 4. The van der Waals surface area contributed by atoms with E-state index in [0.29, 0.717) is 13.1 Å². The summed E-state index contributed by atoms with van der Waals surface area (Å²) < 4.78 is 6.36. The Kier molecular flexibility index (Phi) is 4.83. The third kappa shape index (κ3) is 3.88. The van der Waals surface area contributed by atoms with Crippen molar-refractivity contribution < 1.29 is 9.53 Å². The number of H-pyrrole nitrogens is 1. The van der Waals surface area contributed by atoms with Crippen molar-refractivity contribution in [3.63, 3.8) is 0 Å². The Balaban J connectivity index is 1.66. The van der Waals surface area contributed by atoms with E-state index in [2.05, 4.69) is 4.98 Å². The van der Waals surface area contributed by atoms with Crippen molar-refractivity contribution in [1.29, 1.82) is 0 Å². The van der Waals surface area contributed by atoms with Crippen LogP contribution in [0.1, 0.15) is 12.0 Å². The molecule has 7 heteroatoms. The van der Waals surface area contributed by atoms with Gasteiger partial charge in [-0.15, -0.1) is 0 Å². The Morgan fingerprint density at radius 1 is 1.20 bits per heavy atom. The van der Waals surface area contributed by atoms with E-state index in [1.807, 2.05) is 30.3 Å². The third-order valence-electron chi connectivity index (χ3n) is 4.23. The summed E-state index contributed by atoms with van der Waals surface area (Å²) in [6, 6.07) is 9.06. The molecule has 0 fully saturated rings. The van der Waals surface area contributed by atoms with Crippen molar-refractivity contribution in [3.05, 3.63) is 69.0 Å². The average Bonchev–Trinajstić information content (AvgIpc) is 2.64. The molecule has 1 aliphatic heterocycles. The van der Waals surface area contributed by atoms with E-state index in [-0.39, 0.29) is 12.5 Å². The molecule has 0 bridgehead atoms. The van der Waals surface area contributed by atoms with Gasteiger partial charge in [-0.25, -0.2) is 4.79 Å². The molecule has 3 rings (SSSR count). The molecule has 1 N–H and O–H groups in total. The first-order valence-corrected chi connectivity index (χ1v) is 7.98. The molecular weight excluding hydrogens is 322 g/mol. The summed E-state index contributed by atoms with van der Waals surface area (Å²) in [5.74, 6) is 0.655. The number of carbonyl (C=O) groups excluding carboxylic acids is 1. The van der Waals surface area contributed by atoms with Crippen LogP contribution >= 0.6 is 0 Å². The van der Waals surface area contributed by atoms with Gasteiger partial charge in [-0.3, -0.25) is 19.1 Å². The second kappa shape index (κ2) is 7.21. The molecule has 0 spiro atoms. The number of aromatic amines is 1. The first-order valence-electron chi connectivity index (χ1n) is 7.98. The van der Waals surface area contributed by atoms with Crippen LogP contribution < -0.4 is 16.0 Å². The summed E-state index contributed by atoms with van der Waals surface area (Å²) in [6.07, 6.45) is 4.11. The molecule has 130 valence electrons. The Morgan fingerprint density at radius 2 is 1.96 bits per heavy atom. The molecule has 25 heavy (non-hydrogen) atoms. The summed E-state index contributed by atoms with van der Waals surface area (Å²) in [4.78, 5) is 38.9. The maximum absolute atomic E-state index is 12.4. The molecule has 0 saturated carbocycles. The van der Waals surface area contributed by atoms with E-state index < -0.39 is 11.2 Å². The van der Waals surface area contributed by atoms with Gasteiger partial charge in [0.05, 0.1) is 7.11 Å². The SMILES string of the molecule is COc1ccc(C2=CCN(C(=O)Cn3ccc(=O)[nH]c3=O)CC2)cc1. The Morgan fingerprint density at radius 3 is 2.56 bits per heavy atom. The topological polar surface area (TPSA) is 84.4 Å². The predicted molar refractivity (Wildman–Crippen MR) is 93.5 cm³/mol. The number of methoxy groups -OCH3 is 1. The number of nitrogens with zero attached hydrogens (tertiary/aromatic N) is 2. The first kappa shape index (κ1) is 16.8. The van der Waals surface area contributed by atoms with Crippen molar-refractivity contribution in [2.75, 3.05) is 20.2 Å². The molecule has 0 saturated heterocycles. The van der Waals surface area contributed by atoms with E-state index in [0.717, 1.165) is 17.7 Å². The van der Waals surface area contributed by atoms with Crippen LogP contribution in [0.4, 0.5) is 0 Å². The number of hydrogen-bond donors (Lipinski definition) is 1. The summed E-state index contributed by atoms with van der Waals surface area (Å²) >= 11 is 0. The lowest BCUT2D eigenvalue weighted by Gasteiger charge is -2.27. The highest BCUT2D eigenvalue weighted by Gasteiger charge is 2.18. The molecular formula is C18H19N3O4. The molecule has 0 unspecified atom stereocenters. The van der Waals surface area contributed by atoms with Crippen molar-refractivity contribution in [2.45, 2.75) is 13.0 Å². The summed E-state index contributed by atoms with van der Waals surface area (Å²) in [7, 11) is 1.63. The molecule has 1 aromatic heterocycles. The minimum absolute atomic E-state index is 0.0820. The van der Waals surface area contributed by atoms with Gasteiger partial charge >= 0.3 is 5.69 Å². The smallest absolute Gasteiger partial charge is 0.328 e. The number of nitrogens with one attached hydrogen (secondary N) is 1. The number of amides is 1. The second-order valence-electron chi connectivity index (χ2n) is 5.79. The zero-order valence-electron chi connectivity index (χ0n) is 13.9. The van der Waals surface area contributed by atoms with Crippen LogP contribution in [0.3, 0.4) is 0 Å². The van der Waals surface area contributed by atoms with E-state index in [4.69, 9.17) is 4.74 Å². The fraction of sp³-hybridized carbons (Fsp3) is 0.278. The minimum Gasteiger partial charge on any atom is -0.497 e. The highest BCUT2D eigenvalue weighted by Crippen LogP contribution is 2.24. The van der Waals surface area contributed by atoms with E-state index >= 15 is 0 Å². The van der Waals surface area contributed by atoms with E-state index in [1.165, 1.54) is 22.4 Å². The number of ether oxygens (including phenoxy) is 1. The van der Waals surface area contributed by atoms with Gasteiger partial charge in [0.25, 0.3) is 5.56 Å². The lowest BCUT2D eigenvalue weighted by molar-refractivity contribution is -0.131. The fourth-order valence-corrected chi connectivity index (χ4v) is 2.78. The maximum Gasteiger partial charge on any atom is 0.328 e. The van der Waals surface area contributed by atoms with Crippen LogP contribution in [0.15, 0.2) is 52.2 Å². The highest BCUT2D eigenvalue weighted by atomic mass is 16.5. The van der Waals surface area contributed by atoms with Crippen molar-refractivity contribution in [1.82, 2.24) is 14.5 Å². The standard InChI is InChI=1S/C18H19N3O4/c1-25-15-4-2-13(3-5-15)14-6-9-20(10-7-14)17(23)12-21-11-8-16(22)19-18(21)24/h2-6,8,11H,7,9-10,12H2,1H3,(H,19,22,24). The van der Waals surface area contributed by atoms with Gasteiger partial charge in [0.2, 0.25) is 5.91 Å². The summed E-state index contributed by atoms with van der Waals surface area (Å²) in [5.41, 5.74) is 1.25. The summed E-state index contributed by atoms with van der Waals surface area (Å²) in [6.45, 7) is 1.01. The monoisotopic (exact) mass is 341 g/mol. The van der Waals surface area contributed by atoms with Crippen molar-refractivity contribution in [2.24, 2.45) is 0 Å². The van der Waals surface area contributed by atoms with Gasteiger partial charge in [-0.2, -0.15) is 0 Å². The predicted octanol–water partition coefficient (Wildman–Crippen LogP) is 0.861. The van der Waals surface area contributed by atoms with Gasteiger partial charge < -0.3 is 9.64 Å². The lowest BCUT2D eigenvalue weighted by atomic mass is 9.99. The number of carbonyl (C=O) groups is 1. The summed E-state index contributed by atoms with van der Waals surface area (Å²) in [5, 5.41) is 0. The third-order valence-corrected chi connectivity index (χ3v) is 4.23. The van der Waals surface area contributed by atoms with Crippen molar-refractivity contribution in [3.8, 4) is 5.75 Å². The Labute approximate surface area is 144 Å². The lowest BCUT2D eigenvalue weighted by Crippen LogP contribution is -2.40. The van der Waals surface area contributed by atoms with Crippen LogP contribution in [-0.4, -0.2) is 40.6 Å².